The lowest BCUT2D eigenvalue weighted by molar-refractivity contribution is -0.134. The van der Waals surface area contributed by atoms with E-state index >= 15 is 0 Å². The molecule has 1 aromatic carbocycles. The molecule has 0 saturated carbocycles. The molecule has 0 N–H and O–H groups in total. The van der Waals surface area contributed by atoms with Crippen LogP contribution in [0, 0.1) is 0 Å². The number of aldehydes is 1. The Kier molecular flexibility index (Phi) is 4.06. The minimum absolute atomic E-state index is 0.358. The van der Waals surface area contributed by atoms with E-state index in [-0.39, 0.29) is 0 Å². The first kappa shape index (κ1) is 11.5. The third-order valence-electron chi connectivity index (χ3n) is 1.80. The summed E-state index contributed by atoms with van der Waals surface area (Å²) in [5, 5.41) is 0.358. The molecule has 0 aliphatic carbocycles. The van der Waals surface area contributed by atoms with Crippen LogP contribution in [0.3, 0.4) is 0 Å². The Morgan fingerprint density at radius 2 is 2.20 bits per heavy atom. The highest BCUT2D eigenvalue weighted by molar-refractivity contribution is 6.33. The molecule has 4 heteroatoms. The second-order valence-corrected chi connectivity index (χ2v) is 3.12. The zero-order valence-electron chi connectivity index (χ0n) is 8.07. The number of esters is 1. The smallest absolute Gasteiger partial charge is 0.330 e. The molecule has 0 radical (unpaired) electrons. The molecular weight excluding hydrogens is 216 g/mol. The second kappa shape index (κ2) is 5.32. The predicted octanol–water partition coefficient (Wildman–Crippen LogP) is 2.34. The minimum Gasteiger partial charge on any atom is -0.466 e. The molecule has 0 amide bonds. The van der Waals surface area contributed by atoms with Gasteiger partial charge in [0.1, 0.15) is 0 Å². The van der Waals surface area contributed by atoms with Crippen LogP contribution in [0.2, 0.25) is 5.02 Å². The third-order valence-corrected chi connectivity index (χ3v) is 2.13. The molecule has 0 heterocycles. The Balaban J connectivity index is 3.04. The van der Waals surface area contributed by atoms with Crippen LogP contribution in [-0.4, -0.2) is 19.4 Å². The molecule has 78 valence electrons. The average Bonchev–Trinajstić information content (AvgIpc) is 2.25. The summed E-state index contributed by atoms with van der Waals surface area (Å²) >= 11 is 5.80. The standard InChI is InChI=1S/C11H9ClO3/c1-15-11(14)6-5-8-3-2-4-10(12)9(8)7-13/h2-7H,1H3. The van der Waals surface area contributed by atoms with Crippen molar-refractivity contribution in [2.75, 3.05) is 7.11 Å². The fourth-order valence-electron chi connectivity index (χ4n) is 1.05. The maximum Gasteiger partial charge on any atom is 0.330 e. The first-order valence-corrected chi connectivity index (χ1v) is 4.56. The topological polar surface area (TPSA) is 43.4 Å². The van der Waals surface area contributed by atoms with Crippen molar-refractivity contribution in [1.29, 1.82) is 0 Å². The molecule has 1 aromatic rings. The van der Waals surface area contributed by atoms with Gasteiger partial charge in [0.25, 0.3) is 0 Å². The molecule has 3 nitrogen and oxygen atoms in total. The lowest BCUT2D eigenvalue weighted by Gasteiger charge is -2.00. The van der Waals surface area contributed by atoms with E-state index in [2.05, 4.69) is 4.74 Å². The SMILES string of the molecule is COC(=O)C=Cc1cccc(Cl)c1C=O. The lowest BCUT2D eigenvalue weighted by Crippen LogP contribution is -1.94. The molecule has 0 aliphatic heterocycles. The van der Waals surface area contributed by atoms with Gasteiger partial charge < -0.3 is 4.74 Å². The normalized spacial score (nSPS) is 10.3. The Labute approximate surface area is 92.3 Å². The van der Waals surface area contributed by atoms with Crippen molar-refractivity contribution < 1.29 is 14.3 Å². The first-order valence-electron chi connectivity index (χ1n) is 4.18. The third kappa shape index (κ3) is 2.92. The van der Waals surface area contributed by atoms with E-state index in [1.807, 2.05) is 0 Å². The van der Waals surface area contributed by atoms with Gasteiger partial charge in [-0.1, -0.05) is 23.7 Å². The van der Waals surface area contributed by atoms with Gasteiger partial charge in [-0.25, -0.2) is 4.79 Å². The maximum absolute atomic E-state index is 10.8. The number of hydrogen-bond acceptors (Lipinski definition) is 3. The molecular formula is C11H9ClO3. The number of benzene rings is 1. The Bertz CT molecular complexity index is 410. The van der Waals surface area contributed by atoms with Crippen LogP contribution >= 0.6 is 11.6 Å². The van der Waals surface area contributed by atoms with Crippen LogP contribution in [-0.2, 0) is 9.53 Å². The van der Waals surface area contributed by atoms with Crippen molar-refractivity contribution in [2.45, 2.75) is 0 Å². The summed E-state index contributed by atoms with van der Waals surface area (Å²) in [7, 11) is 1.28. The molecule has 0 unspecified atom stereocenters. The van der Waals surface area contributed by atoms with Crippen LogP contribution < -0.4 is 0 Å². The van der Waals surface area contributed by atoms with Gasteiger partial charge in [-0.2, -0.15) is 0 Å². The number of hydrogen-bond donors (Lipinski definition) is 0. The summed E-state index contributed by atoms with van der Waals surface area (Å²) in [6.45, 7) is 0. The molecule has 0 saturated heterocycles. The highest BCUT2D eigenvalue weighted by Crippen LogP contribution is 2.19. The van der Waals surface area contributed by atoms with Gasteiger partial charge in [0.05, 0.1) is 12.1 Å². The van der Waals surface area contributed by atoms with Crippen molar-refractivity contribution in [3.8, 4) is 0 Å². The van der Waals surface area contributed by atoms with Gasteiger partial charge in [-0.15, -0.1) is 0 Å². The molecule has 1 rings (SSSR count). The zero-order chi connectivity index (χ0) is 11.3. The molecule has 0 aromatic heterocycles. The summed E-state index contributed by atoms with van der Waals surface area (Å²) < 4.78 is 4.43. The quantitative estimate of drug-likeness (QED) is 0.450. The molecule has 0 bridgehead atoms. The van der Waals surface area contributed by atoms with Crippen LogP contribution in [0.1, 0.15) is 15.9 Å². The van der Waals surface area contributed by atoms with Gasteiger partial charge >= 0.3 is 5.97 Å². The molecule has 0 fully saturated rings. The van der Waals surface area contributed by atoms with Crippen molar-refractivity contribution in [2.24, 2.45) is 0 Å². The van der Waals surface area contributed by atoms with E-state index in [9.17, 15) is 9.59 Å². The maximum atomic E-state index is 10.8. The summed E-state index contributed by atoms with van der Waals surface area (Å²) in [5.74, 6) is -0.480. The van der Waals surface area contributed by atoms with E-state index in [0.717, 1.165) is 0 Å². The van der Waals surface area contributed by atoms with Gasteiger partial charge in [0.15, 0.2) is 6.29 Å². The fourth-order valence-corrected chi connectivity index (χ4v) is 1.28. The minimum atomic E-state index is -0.480. The van der Waals surface area contributed by atoms with Gasteiger partial charge in [0.2, 0.25) is 0 Å². The Hall–Kier alpha value is -1.61. The number of methoxy groups -OCH3 is 1. The van der Waals surface area contributed by atoms with Crippen LogP contribution in [0.15, 0.2) is 24.3 Å². The fraction of sp³-hybridized carbons (Fsp3) is 0.0909. The van der Waals surface area contributed by atoms with Crippen LogP contribution in [0.25, 0.3) is 6.08 Å². The van der Waals surface area contributed by atoms with Crippen molar-refractivity contribution >= 4 is 29.9 Å². The molecule has 0 atom stereocenters. The number of rotatable bonds is 3. The van der Waals surface area contributed by atoms with Gasteiger partial charge in [-0.05, 0) is 17.7 Å². The lowest BCUT2D eigenvalue weighted by atomic mass is 10.1. The van der Waals surface area contributed by atoms with E-state index in [1.54, 1.807) is 18.2 Å². The highest BCUT2D eigenvalue weighted by Gasteiger charge is 2.03. The Morgan fingerprint density at radius 3 is 2.80 bits per heavy atom. The monoisotopic (exact) mass is 224 g/mol. The molecule has 0 aliphatic rings. The Morgan fingerprint density at radius 1 is 1.47 bits per heavy atom. The largest absolute Gasteiger partial charge is 0.466 e. The van der Waals surface area contributed by atoms with Crippen molar-refractivity contribution in [3.63, 3.8) is 0 Å². The zero-order valence-corrected chi connectivity index (χ0v) is 8.82. The van der Waals surface area contributed by atoms with Crippen LogP contribution in [0.5, 0.6) is 0 Å². The molecule has 0 spiro atoms. The summed E-state index contributed by atoms with van der Waals surface area (Å²) in [6, 6.07) is 5.00. The van der Waals surface area contributed by atoms with E-state index in [0.29, 0.717) is 22.4 Å². The van der Waals surface area contributed by atoms with E-state index < -0.39 is 5.97 Å². The highest BCUT2D eigenvalue weighted by atomic mass is 35.5. The average molecular weight is 225 g/mol. The number of carbonyl (C=O) groups excluding carboxylic acids is 2. The second-order valence-electron chi connectivity index (χ2n) is 2.72. The van der Waals surface area contributed by atoms with E-state index in [1.165, 1.54) is 19.3 Å². The van der Waals surface area contributed by atoms with Crippen LogP contribution in [0.4, 0.5) is 0 Å². The van der Waals surface area contributed by atoms with Gasteiger partial charge in [0, 0.05) is 11.6 Å². The number of halogens is 1. The summed E-state index contributed by atoms with van der Waals surface area (Å²) in [6.07, 6.45) is 3.37. The number of carbonyl (C=O) groups is 2. The summed E-state index contributed by atoms with van der Waals surface area (Å²) in [5.41, 5.74) is 0.946. The summed E-state index contributed by atoms with van der Waals surface area (Å²) in [4.78, 5) is 21.6. The number of ether oxygens (including phenoxy) is 1. The van der Waals surface area contributed by atoms with Crippen molar-refractivity contribution in [3.05, 3.63) is 40.4 Å². The van der Waals surface area contributed by atoms with Gasteiger partial charge in [-0.3, -0.25) is 4.79 Å². The first-order chi connectivity index (χ1) is 7.19. The predicted molar refractivity (Wildman–Crippen MR) is 57.9 cm³/mol. The van der Waals surface area contributed by atoms with Crippen molar-refractivity contribution in [1.82, 2.24) is 0 Å². The molecule has 15 heavy (non-hydrogen) atoms. The van der Waals surface area contributed by atoms with E-state index in [4.69, 9.17) is 11.6 Å².